The number of allylic oxidation sites excluding steroid dienone is 1. The first-order valence-electron chi connectivity index (χ1n) is 8.51. The lowest BCUT2D eigenvalue weighted by Crippen LogP contribution is -2.33. The third kappa shape index (κ3) is 2.39. The van der Waals surface area contributed by atoms with Gasteiger partial charge in [-0.25, -0.2) is 4.57 Å². The molecule has 24 heavy (non-hydrogen) atoms. The van der Waals surface area contributed by atoms with Gasteiger partial charge in [0, 0.05) is 22.6 Å². The van der Waals surface area contributed by atoms with Crippen molar-refractivity contribution >= 4 is 23.1 Å². The highest BCUT2D eigenvalue weighted by atomic mass is 15.1. The van der Waals surface area contributed by atoms with Crippen LogP contribution in [0, 0.1) is 6.92 Å². The van der Waals surface area contributed by atoms with Crippen LogP contribution in [-0.4, -0.2) is 4.57 Å². The lowest BCUT2D eigenvalue weighted by atomic mass is 10.0. The molecule has 2 heterocycles. The summed E-state index contributed by atoms with van der Waals surface area (Å²) in [6, 6.07) is 10.8. The van der Waals surface area contributed by atoms with E-state index in [2.05, 4.69) is 92.2 Å². The number of rotatable bonds is 4. The summed E-state index contributed by atoms with van der Waals surface area (Å²) in [7, 11) is 2.09. The van der Waals surface area contributed by atoms with Crippen LogP contribution in [0.1, 0.15) is 36.2 Å². The van der Waals surface area contributed by atoms with Crippen LogP contribution in [0.3, 0.4) is 0 Å². The van der Waals surface area contributed by atoms with E-state index in [-0.39, 0.29) is 0 Å². The Balaban J connectivity index is 2.55. The van der Waals surface area contributed by atoms with Crippen molar-refractivity contribution in [2.45, 2.75) is 27.2 Å². The first-order chi connectivity index (χ1) is 11.6. The van der Waals surface area contributed by atoms with Gasteiger partial charge in [0.25, 0.3) is 5.82 Å². The van der Waals surface area contributed by atoms with E-state index < -0.39 is 0 Å². The Bertz CT molecular complexity index is 942. The van der Waals surface area contributed by atoms with Crippen LogP contribution in [0.5, 0.6) is 0 Å². The van der Waals surface area contributed by atoms with Gasteiger partial charge >= 0.3 is 0 Å². The van der Waals surface area contributed by atoms with Crippen molar-refractivity contribution in [1.82, 2.24) is 4.57 Å². The first kappa shape index (κ1) is 16.3. The Hall–Kier alpha value is -2.61. The largest absolute Gasteiger partial charge is 0.286 e. The van der Waals surface area contributed by atoms with Crippen molar-refractivity contribution < 1.29 is 4.57 Å². The second kappa shape index (κ2) is 6.48. The van der Waals surface area contributed by atoms with Crippen molar-refractivity contribution in [3.63, 3.8) is 0 Å². The third-order valence-electron chi connectivity index (χ3n) is 4.74. The minimum atomic E-state index is 1.04. The summed E-state index contributed by atoms with van der Waals surface area (Å²) in [6.45, 7) is 10.6. The second-order valence-corrected chi connectivity index (χ2v) is 6.11. The summed E-state index contributed by atoms with van der Waals surface area (Å²) in [6.07, 6.45) is 9.37. The van der Waals surface area contributed by atoms with Gasteiger partial charge in [-0.3, -0.25) is 0 Å². The molecule has 1 aromatic carbocycles. The quantitative estimate of drug-likeness (QED) is 0.599. The van der Waals surface area contributed by atoms with Crippen LogP contribution in [0.15, 0.2) is 49.2 Å². The predicted molar refractivity (Wildman–Crippen MR) is 103 cm³/mol. The van der Waals surface area contributed by atoms with E-state index in [1.54, 1.807) is 0 Å². The molecule has 2 aromatic heterocycles. The fourth-order valence-corrected chi connectivity index (χ4v) is 3.54. The fourth-order valence-electron chi connectivity index (χ4n) is 3.54. The molecule has 3 aromatic rings. The van der Waals surface area contributed by atoms with E-state index in [0.717, 1.165) is 17.9 Å². The standard InChI is InChI=1S/C22H25N2/c1-6-11-18-19-14-13-17(7-2)16(4)22(19)24(20(18)8-3)21-12-9-10-15-23(21)5/h6,8-15H,3,7H2,1-2,4-5H3/q+1/b11-6-. The van der Waals surface area contributed by atoms with E-state index in [4.69, 9.17) is 0 Å². The Kier molecular flexibility index (Phi) is 4.39. The molecule has 0 atom stereocenters. The molecule has 0 saturated carbocycles. The maximum atomic E-state index is 4.09. The lowest BCUT2D eigenvalue weighted by molar-refractivity contribution is -0.665. The average molecular weight is 317 g/mol. The van der Waals surface area contributed by atoms with E-state index in [1.807, 2.05) is 6.08 Å². The summed E-state index contributed by atoms with van der Waals surface area (Å²) in [5, 5.41) is 1.28. The zero-order valence-electron chi connectivity index (χ0n) is 15.0. The molecule has 0 amide bonds. The highest BCUT2D eigenvalue weighted by Crippen LogP contribution is 2.34. The number of fused-ring (bicyclic) bond motifs is 1. The second-order valence-electron chi connectivity index (χ2n) is 6.11. The van der Waals surface area contributed by atoms with Crippen LogP contribution in [-0.2, 0) is 13.5 Å². The number of hydrogen-bond acceptors (Lipinski definition) is 0. The van der Waals surface area contributed by atoms with Crippen molar-refractivity contribution in [3.05, 3.63) is 71.6 Å². The number of nitrogens with zero attached hydrogens (tertiary/aromatic N) is 2. The first-order valence-corrected chi connectivity index (χ1v) is 8.51. The lowest BCUT2D eigenvalue weighted by Gasteiger charge is -2.08. The average Bonchev–Trinajstić information content (AvgIpc) is 2.90. The Morgan fingerprint density at radius 1 is 1.21 bits per heavy atom. The normalized spacial score (nSPS) is 11.5. The molecule has 0 N–H and O–H groups in total. The highest BCUT2D eigenvalue weighted by molar-refractivity contribution is 5.97. The van der Waals surface area contributed by atoms with Crippen molar-refractivity contribution in [1.29, 1.82) is 0 Å². The molecule has 0 radical (unpaired) electrons. The molecule has 0 spiro atoms. The number of pyridine rings is 1. The topological polar surface area (TPSA) is 8.81 Å². The monoisotopic (exact) mass is 317 g/mol. The van der Waals surface area contributed by atoms with E-state index in [1.165, 1.54) is 27.6 Å². The number of aryl methyl sites for hydroxylation is 3. The molecule has 2 nitrogen and oxygen atoms in total. The van der Waals surface area contributed by atoms with Gasteiger partial charge in [0.1, 0.15) is 11.2 Å². The summed E-state index contributed by atoms with van der Waals surface area (Å²) in [5.74, 6) is 1.14. The molecular weight excluding hydrogens is 292 g/mol. The van der Waals surface area contributed by atoms with Gasteiger partial charge in [-0.15, -0.1) is 0 Å². The minimum absolute atomic E-state index is 1.04. The molecular formula is C22H25N2+. The Labute approximate surface area is 144 Å². The molecule has 0 aliphatic carbocycles. The summed E-state index contributed by atoms with van der Waals surface area (Å²) in [5.41, 5.74) is 6.39. The van der Waals surface area contributed by atoms with Crippen LogP contribution < -0.4 is 4.57 Å². The fraction of sp³-hybridized carbons (Fsp3) is 0.227. The van der Waals surface area contributed by atoms with E-state index in [0.29, 0.717) is 0 Å². The van der Waals surface area contributed by atoms with Gasteiger partial charge in [0.15, 0.2) is 0 Å². The Morgan fingerprint density at radius 2 is 2.00 bits per heavy atom. The molecule has 2 heteroatoms. The van der Waals surface area contributed by atoms with Crippen LogP contribution in [0.2, 0.25) is 0 Å². The Morgan fingerprint density at radius 3 is 2.62 bits per heavy atom. The molecule has 0 aliphatic heterocycles. The molecule has 0 unspecified atom stereocenters. The van der Waals surface area contributed by atoms with Crippen molar-refractivity contribution in [3.8, 4) is 5.82 Å². The number of hydrogen-bond donors (Lipinski definition) is 0. The molecule has 0 aliphatic rings. The van der Waals surface area contributed by atoms with E-state index in [9.17, 15) is 0 Å². The molecule has 0 saturated heterocycles. The van der Waals surface area contributed by atoms with Crippen LogP contribution >= 0.6 is 0 Å². The smallest absolute Gasteiger partial charge is 0.237 e. The molecule has 3 rings (SSSR count). The van der Waals surface area contributed by atoms with Gasteiger partial charge in [0.05, 0.1) is 13.2 Å². The van der Waals surface area contributed by atoms with Crippen molar-refractivity contribution in [2.75, 3.05) is 0 Å². The SMILES string of the molecule is C=Cc1c(/C=C\C)c2ccc(CC)c(C)c2n1-c1cccc[n+]1C. The van der Waals surface area contributed by atoms with Crippen LogP contribution in [0.4, 0.5) is 0 Å². The third-order valence-corrected chi connectivity index (χ3v) is 4.74. The zero-order valence-corrected chi connectivity index (χ0v) is 15.0. The maximum Gasteiger partial charge on any atom is 0.286 e. The van der Waals surface area contributed by atoms with Gasteiger partial charge in [-0.05, 0) is 44.0 Å². The van der Waals surface area contributed by atoms with Gasteiger partial charge in [0.2, 0.25) is 0 Å². The van der Waals surface area contributed by atoms with Crippen molar-refractivity contribution in [2.24, 2.45) is 7.05 Å². The van der Waals surface area contributed by atoms with Gasteiger partial charge < -0.3 is 0 Å². The summed E-state index contributed by atoms with van der Waals surface area (Å²) >= 11 is 0. The molecule has 0 bridgehead atoms. The number of benzene rings is 1. The summed E-state index contributed by atoms with van der Waals surface area (Å²) < 4.78 is 4.50. The predicted octanol–water partition coefficient (Wildman–Crippen LogP) is 5.00. The molecule has 0 fully saturated rings. The van der Waals surface area contributed by atoms with E-state index >= 15 is 0 Å². The number of aromatic nitrogens is 2. The zero-order chi connectivity index (χ0) is 17.3. The van der Waals surface area contributed by atoms with Gasteiger partial charge in [-0.2, -0.15) is 4.57 Å². The molecule has 122 valence electrons. The van der Waals surface area contributed by atoms with Gasteiger partial charge in [-0.1, -0.05) is 37.8 Å². The minimum Gasteiger partial charge on any atom is -0.237 e. The van der Waals surface area contributed by atoms with Crippen LogP contribution in [0.25, 0.3) is 28.9 Å². The highest BCUT2D eigenvalue weighted by Gasteiger charge is 2.24. The summed E-state index contributed by atoms with van der Waals surface area (Å²) in [4.78, 5) is 0. The maximum absolute atomic E-state index is 4.09.